The van der Waals surface area contributed by atoms with Crippen molar-refractivity contribution in [1.82, 2.24) is 5.32 Å². The van der Waals surface area contributed by atoms with Gasteiger partial charge in [0.15, 0.2) is 0 Å². The number of nitro groups is 1. The van der Waals surface area contributed by atoms with Gasteiger partial charge < -0.3 is 10.1 Å². The molecule has 0 aliphatic carbocycles. The fourth-order valence-corrected chi connectivity index (χ4v) is 1.57. The average molecular weight is 266 g/mol. The smallest absolute Gasteiger partial charge is 0.273 e. The first kappa shape index (κ1) is 15.1. The third kappa shape index (κ3) is 4.67. The number of benzene rings is 1. The number of amides is 1. The van der Waals surface area contributed by atoms with E-state index in [2.05, 4.69) is 5.32 Å². The third-order valence-electron chi connectivity index (χ3n) is 2.62. The summed E-state index contributed by atoms with van der Waals surface area (Å²) in [5.74, 6) is -0.306. The largest absolute Gasteiger partial charge is 0.382 e. The fourth-order valence-electron chi connectivity index (χ4n) is 1.57. The van der Waals surface area contributed by atoms with Gasteiger partial charge in [0.2, 0.25) is 0 Å². The summed E-state index contributed by atoms with van der Waals surface area (Å²) in [5.41, 5.74) is 0.800. The molecule has 1 rings (SSSR count). The van der Waals surface area contributed by atoms with E-state index in [0.29, 0.717) is 37.3 Å². The van der Waals surface area contributed by atoms with Crippen LogP contribution in [0.25, 0.3) is 0 Å². The van der Waals surface area contributed by atoms with Crippen molar-refractivity contribution in [2.45, 2.75) is 20.3 Å². The van der Waals surface area contributed by atoms with Crippen molar-refractivity contribution in [3.63, 3.8) is 0 Å². The van der Waals surface area contributed by atoms with E-state index in [1.165, 1.54) is 6.07 Å². The number of ether oxygens (including phenoxy) is 1. The van der Waals surface area contributed by atoms with E-state index in [9.17, 15) is 14.9 Å². The first-order valence-corrected chi connectivity index (χ1v) is 6.17. The van der Waals surface area contributed by atoms with Gasteiger partial charge in [-0.3, -0.25) is 14.9 Å². The van der Waals surface area contributed by atoms with E-state index in [4.69, 9.17) is 4.74 Å². The summed E-state index contributed by atoms with van der Waals surface area (Å²) in [6, 6.07) is 4.46. The predicted molar refractivity (Wildman–Crippen MR) is 71.3 cm³/mol. The van der Waals surface area contributed by atoms with Crippen molar-refractivity contribution < 1.29 is 14.5 Å². The lowest BCUT2D eigenvalue weighted by Gasteiger charge is -2.06. The number of nitro benzene ring substituents is 1. The topological polar surface area (TPSA) is 81.5 Å². The van der Waals surface area contributed by atoms with Gasteiger partial charge in [-0.1, -0.05) is 6.07 Å². The van der Waals surface area contributed by atoms with Crippen molar-refractivity contribution >= 4 is 11.6 Å². The molecule has 0 bridgehead atoms. The Morgan fingerprint density at radius 2 is 2.21 bits per heavy atom. The molecule has 1 amide bonds. The van der Waals surface area contributed by atoms with Crippen LogP contribution in [0.15, 0.2) is 18.2 Å². The van der Waals surface area contributed by atoms with Gasteiger partial charge in [-0.05, 0) is 26.3 Å². The molecule has 0 radical (unpaired) electrons. The van der Waals surface area contributed by atoms with Crippen LogP contribution < -0.4 is 5.32 Å². The van der Waals surface area contributed by atoms with Crippen molar-refractivity contribution in [2.75, 3.05) is 19.8 Å². The van der Waals surface area contributed by atoms with E-state index in [1.54, 1.807) is 19.1 Å². The molecule has 19 heavy (non-hydrogen) atoms. The third-order valence-corrected chi connectivity index (χ3v) is 2.62. The Hall–Kier alpha value is -1.95. The molecule has 1 aromatic rings. The van der Waals surface area contributed by atoms with Crippen molar-refractivity contribution in [3.8, 4) is 0 Å². The second kappa shape index (κ2) is 7.48. The summed E-state index contributed by atoms with van der Waals surface area (Å²) in [7, 11) is 0. The first-order valence-electron chi connectivity index (χ1n) is 6.17. The Balaban J connectivity index is 2.57. The molecule has 6 nitrogen and oxygen atoms in total. The zero-order valence-electron chi connectivity index (χ0n) is 11.1. The highest BCUT2D eigenvalue weighted by Crippen LogP contribution is 2.19. The summed E-state index contributed by atoms with van der Waals surface area (Å²) in [6.45, 7) is 5.27. The van der Waals surface area contributed by atoms with E-state index >= 15 is 0 Å². The summed E-state index contributed by atoms with van der Waals surface area (Å²) in [6.07, 6.45) is 0.716. The van der Waals surface area contributed by atoms with Crippen LogP contribution in [-0.4, -0.2) is 30.6 Å². The maximum atomic E-state index is 11.8. The second-order valence-corrected chi connectivity index (χ2v) is 4.06. The van der Waals surface area contributed by atoms with Crippen LogP contribution in [-0.2, 0) is 4.74 Å². The number of nitrogens with zero attached hydrogens (tertiary/aromatic N) is 1. The normalized spacial score (nSPS) is 10.2. The summed E-state index contributed by atoms with van der Waals surface area (Å²) in [4.78, 5) is 22.1. The van der Waals surface area contributed by atoms with Gasteiger partial charge in [0, 0.05) is 37.0 Å². The van der Waals surface area contributed by atoms with Gasteiger partial charge >= 0.3 is 0 Å². The number of aryl methyl sites for hydroxylation is 1. The zero-order valence-corrected chi connectivity index (χ0v) is 11.1. The molecule has 0 unspecified atom stereocenters. The molecule has 0 aliphatic heterocycles. The Labute approximate surface area is 111 Å². The molecule has 6 heteroatoms. The van der Waals surface area contributed by atoms with Crippen LogP contribution in [0.5, 0.6) is 0 Å². The molecule has 104 valence electrons. The summed E-state index contributed by atoms with van der Waals surface area (Å²) in [5, 5.41) is 13.5. The molecule has 0 saturated carbocycles. The van der Waals surface area contributed by atoms with Crippen LogP contribution in [0.4, 0.5) is 5.69 Å². The number of carbonyl (C=O) groups is 1. The number of hydrogen-bond donors (Lipinski definition) is 1. The van der Waals surface area contributed by atoms with Crippen LogP contribution in [0.1, 0.15) is 29.3 Å². The van der Waals surface area contributed by atoms with Crippen LogP contribution in [0, 0.1) is 17.0 Å². The van der Waals surface area contributed by atoms with E-state index in [-0.39, 0.29) is 11.6 Å². The molecule has 0 heterocycles. The first-order chi connectivity index (χ1) is 9.06. The minimum absolute atomic E-state index is 0.0398. The number of carbonyl (C=O) groups excluding carboxylic acids is 1. The number of nitrogens with one attached hydrogen (secondary N) is 1. The quantitative estimate of drug-likeness (QED) is 0.465. The Kier molecular flexibility index (Phi) is 5.95. The van der Waals surface area contributed by atoms with E-state index in [1.807, 2.05) is 6.92 Å². The van der Waals surface area contributed by atoms with Crippen molar-refractivity contribution in [2.24, 2.45) is 0 Å². The molecule has 0 aromatic heterocycles. The SMILES string of the molecule is CCOCCCNC(=O)c1ccc(C)c([N+](=O)[O-])c1. The average Bonchev–Trinajstić information content (AvgIpc) is 2.38. The van der Waals surface area contributed by atoms with Crippen molar-refractivity contribution in [1.29, 1.82) is 0 Å². The van der Waals surface area contributed by atoms with Gasteiger partial charge in [-0.2, -0.15) is 0 Å². The van der Waals surface area contributed by atoms with Gasteiger partial charge in [-0.15, -0.1) is 0 Å². The Bertz CT molecular complexity index is 460. The lowest BCUT2D eigenvalue weighted by atomic mass is 10.1. The summed E-state index contributed by atoms with van der Waals surface area (Å²) < 4.78 is 5.15. The van der Waals surface area contributed by atoms with E-state index < -0.39 is 4.92 Å². The minimum Gasteiger partial charge on any atom is -0.382 e. The van der Waals surface area contributed by atoms with Gasteiger partial charge in [0.1, 0.15) is 0 Å². The second-order valence-electron chi connectivity index (χ2n) is 4.06. The van der Waals surface area contributed by atoms with Gasteiger partial charge in [0.25, 0.3) is 11.6 Å². The number of hydrogen-bond acceptors (Lipinski definition) is 4. The lowest BCUT2D eigenvalue weighted by Crippen LogP contribution is -2.25. The molecule has 0 spiro atoms. The van der Waals surface area contributed by atoms with Gasteiger partial charge in [-0.25, -0.2) is 0 Å². The molecule has 1 N–H and O–H groups in total. The molecule has 0 aliphatic rings. The monoisotopic (exact) mass is 266 g/mol. The zero-order chi connectivity index (χ0) is 14.3. The fraction of sp³-hybridized carbons (Fsp3) is 0.462. The van der Waals surface area contributed by atoms with Crippen molar-refractivity contribution in [3.05, 3.63) is 39.4 Å². The minimum atomic E-state index is -0.485. The maximum absolute atomic E-state index is 11.8. The van der Waals surface area contributed by atoms with Gasteiger partial charge in [0.05, 0.1) is 4.92 Å². The van der Waals surface area contributed by atoms with Crippen LogP contribution in [0.3, 0.4) is 0 Å². The van der Waals surface area contributed by atoms with Crippen LogP contribution in [0.2, 0.25) is 0 Å². The molecular weight excluding hydrogens is 248 g/mol. The molecule has 0 fully saturated rings. The molecule has 1 aromatic carbocycles. The number of rotatable bonds is 7. The Morgan fingerprint density at radius 3 is 2.84 bits per heavy atom. The maximum Gasteiger partial charge on any atom is 0.273 e. The highest BCUT2D eigenvalue weighted by atomic mass is 16.6. The highest BCUT2D eigenvalue weighted by molar-refractivity contribution is 5.94. The highest BCUT2D eigenvalue weighted by Gasteiger charge is 2.14. The Morgan fingerprint density at radius 1 is 1.47 bits per heavy atom. The lowest BCUT2D eigenvalue weighted by molar-refractivity contribution is -0.385. The summed E-state index contributed by atoms with van der Waals surface area (Å²) >= 11 is 0. The van der Waals surface area contributed by atoms with Crippen LogP contribution >= 0.6 is 0 Å². The molecular formula is C13H18N2O4. The molecule has 0 saturated heterocycles. The standard InChI is InChI=1S/C13H18N2O4/c1-3-19-8-4-7-14-13(16)11-6-5-10(2)12(9-11)15(17)18/h5-6,9H,3-4,7-8H2,1-2H3,(H,14,16). The van der Waals surface area contributed by atoms with E-state index in [0.717, 1.165) is 0 Å². The molecule has 0 atom stereocenters. The predicted octanol–water partition coefficient (Wildman–Crippen LogP) is 2.06.